The SMILES string of the molecule is Cc1nc(-c2nnc3n2CCC(NC(=O)Cc2nc4ccccc4o2)CC3)cs1. The van der Waals surface area contributed by atoms with E-state index in [4.69, 9.17) is 4.42 Å². The van der Waals surface area contributed by atoms with Crippen molar-refractivity contribution in [3.63, 3.8) is 0 Å². The van der Waals surface area contributed by atoms with Gasteiger partial charge in [-0.3, -0.25) is 4.79 Å². The number of rotatable bonds is 4. The van der Waals surface area contributed by atoms with Crippen LogP contribution in [0.2, 0.25) is 0 Å². The number of para-hydroxylation sites is 2. The maximum Gasteiger partial charge on any atom is 0.229 e. The molecular weight excluding hydrogens is 388 g/mol. The molecule has 0 bridgehead atoms. The maximum absolute atomic E-state index is 12.5. The summed E-state index contributed by atoms with van der Waals surface area (Å²) in [5.41, 5.74) is 2.34. The molecule has 0 saturated carbocycles. The molecule has 0 radical (unpaired) electrons. The molecule has 1 amide bonds. The summed E-state index contributed by atoms with van der Waals surface area (Å²) in [5, 5.41) is 14.8. The highest BCUT2D eigenvalue weighted by atomic mass is 32.1. The van der Waals surface area contributed by atoms with E-state index >= 15 is 0 Å². The van der Waals surface area contributed by atoms with Crippen LogP contribution in [0, 0.1) is 6.92 Å². The third-order valence-electron chi connectivity index (χ3n) is 5.11. The van der Waals surface area contributed by atoms with E-state index in [0.29, 0.717) is 11.5 Å². The Labute approximate surface area is 171 Å². The molecule has 4 heterocycles. The van der Waals surface area contributed by atoms with Crippen molar-refractivity contribution < 1.29 is 9.21 Å². The zero-order chi connectivity index (χ0) is 19.8. The molecule has 1 aliphatic rings. The van der Waals surface area contributed by atoms with Crippen molar-refractivity contribution in [2.75, 3.05) is 0 Å². The Morgan fingerprint density at radius 3 is 3.00 bits per heavy atom. The molecule has 5 rings (SSSR count). The Balaban J connectivity index is 1.24. The van der Waals surface area contributed by atoms with Crippen molar-refractivity contribution in [3.8, 4) is 11.5 Å². The highest BCUT2D eigenvalue weighted by molar-refractivity contribution is 7.09. The monoisotopic (exact) mass is 408 g/mol. The van der Waals surface area contributed by atoms with Crippen LogP contribution >= 0.6 is 11.3 Å². The van der Waals surface area contributed by atoms with Gasteiger partial charge in [0.15, 0.2) is 11.4 Å². The molecule has 8 nitrogen and oxygen atoms in total. The minimum absolute atomic E-state index is 0.0745. The normalized spacial score (nSPS) is 16.5. The Kier molecular flexibility index (Phi) is 4.59. The fraction of sp³-hybridized carbons (Fsp3) is 0.350. The van der Waals surface area contributed by atoms with E-state index in [2.05, 4.69) is 30.0 Å². The first-order chi connectivity index (χ1) is 14.2. The summed E-state index contributed by atoms with van der Waals surface area (Å²) >= 11 is 1.61. The summed E-state index contributed by atoms with van der Waals surface area (Å²) in [6, 6.07) is 7.61. The lowest BCUT2D eigenvalue weighted by Gasteiger charge is -2.15. The number of aryl methyl sites for hydroxylation is 2. The third-order valence-corrected chi connectivity index (χ3v) is 5.88. The standard InChI is InChI=1S/C20H20N6O2S/c1-12-21-15(11-29-12)20-25-24-17-7-6-13(8-9-26(17)20)22-18(27)10-19-23-14-4-2-3-5-16(14)28-19/h2-5,11,13H,6-10H2,1H3,(H,22,27). The molecule has 148 valence electrons. The van der Waals surface area contributed by atoms with Crippen molar-refractivity contribution >= 4 is 28.3 Å². The molecule has 1 unspecified atom stereocenters. The fourth-order valence-electron chi connectivity index (χ4n) is 3.70. The lowest BCUT2D eigenvalue weighted by molar-refractivity contribution is -0.121. The van der Waals surface area contributed by atoms with Gasteiger partial charge in [0.05, 0.1) is 5.01 Å². The largest absolute Gasteiger partial charge is 0.440 e. The van der Waals surface area contributed by atoms with Gasteiger partial charge in [-0.25, -0.2) is 9.97 Å². The number of hydrogen-bond acceptors (Lipinski definition) is 7. The van der Waals surface area contributed by atoms with Crippen LogP contribution in [0.4, 0.5) is 0 Å². The minimum Gasteiger partial charge on any atom is -0.440 e. The van der Waals surface area contributed by atoms with E-state index in [-0.39, 0.29) is 18.4 Å². The predicted octanol–water partition coefficient (Wildman–Crippen LogP) is 2.92. The summed E-state index contributed by atoms with van der Waals surface area (Å²) < 4.78 is 7.78. The Morgan fingerprint density at radius 2 is 2.17 bits per heavy atom. The second kappa shape index (κ2) is 7.40. The van der Waals surface area contributed by atoms with Crippen molar-refractivity contribution in [3.05, 3.63) is 46.4 Å². The molecule has 3 aromatic heterocycles. The average molecular weight is 408 g/mol. The second-order valence-corrected chi connectivity index (χ2v) is 8.25. The Bertz CT molecular complexity index is 1140. The summed E-state index contributed by atoms with van der Waals surface area (Å²) in [7, 11) is 0. The third kappa shape index (κ3) is 3.65. The lowest BCUT2D eigenvalue weighted by Crippen LogP contribution is -2.36. The highest BCUT2D eigenvalue weighted by Gasteiger charge is 2.23. The van der Waals surface area contributed by atoms with Crippen LogP contribution in [-0.2, 0) is 24.2 Å². The topological polar surface area (TPSA) is 98.7 Å². The second-order valence-electron chi connectivity index (χ2n) is 7.19. The van der Waals surface area contributed by atoms with Gasteiger partial charge in [-0.05, 0) is 31.9 Å². The van der Waals surface area contributed by atoms with Gasteiger partial charge >= 0.3 is 0 Å². The van der Waals surface area contributed by atoms with E-state index in [1.54, 1.807) is 11.3 Å². The number of benzene rings is 1. The fourth-order valence-corrected chi connectivity index (χ4v) is 4.29. The summed E-state index contributed by atoms with van der Waals surface area (Å²) in [6.45, 7) is 2.73. The first-order valence-electron chi connectivity index (χ1n) is 9.64. The Hall–Kier alpha value is -3.07. The summed E-state index contributed by atoms with van der Waals surface area (Å²) in [5.74, 6) is 2.12. The molecule has 1 atom stereocenters. The van der Waals surface area contributed by atoms with Gasteiger partial charge in [-0.2, -0.15) is 0 Å². The molecule has 29 heavy (non-hydrogen) atoms. The average Bonchev–Trinajstić information content (AvgIpc) is 3.38. The van der Waals surface area contributed by atoms with E-state index in [1.807, 2.05) is 36.6 Å². The van der Waals surface area contributed by atoms with Crippen LogP contribution in [0.5, 0.6) is 0 Å². The zero-order valence-electron chi connectivity index (χ0n) is 16.0. The van der Waals surface area contributed by atoms with Gasteiger partial charge in [-0.1, -0.05) is 12.1 Å². The number of fused-ring (bicyclic) bond motifs is 2. The number of hydrogen-bond donors (Lipinski definition) is 1. The van der Waals surface area contributed by atoms with Crippen LogP contribution in [-0.4, -0.2) is 36.7 Å². The molecule has 1 N–H and O–H groups in total. The number of oxazole rings is 1. The highest BCUT2D eigenvalue weighted by Crippen LogP contribution is 2.24. The van der Waals surface area contributed by atoms with Crippen molar-refractivity contribution in [1.82, 2.24) is 30.0 Å². The number of amides is 1. The number of thiazole rings is 1. The number of carbonyl (C=O) groups is 1. The molecule has 1 aromatic carbocycles. The van der Waals surface area contributed by atoms with Crippen LogP contribution in [0.25, 0.3) is 22.6 Å². The number of nitrogens with zero attached hydrogens (tertiary/aromatic N) is 5. The number of carbonyl (C=O) groups excluding carboxylic acids is 1. The van der Waals surface area contributed by atoms with Crippen molar-refractivity contribution in [1.29, 1.82) is 0 Å². The van der Waals surface area contributed by atoms with Gasteiger partial charge in [0.25, 0.3) is 0 Å². The first-order valence-corrected chi connectivity index (χ1v) is 10.5. The van der Waals surface area contributed by atoms with Gasteiger partial charge in [0.2, 0.25) is 11.8 Å². The van der Waals surface area contributed by atoms with Crippen LogP contribution in [0.1, 0.15) is 29.6 Å². The predicted molar refractivity (Wildman–Crippen MR) is 108 cm³/mol. The van der Waals surface area contributed by atoms with E-state index in [9.17, 15) is 4.79 Å². The Morgan fingerprint density at radius 1 is 1.28 bits per heavy atom. The summed E-state index contributed by atoms with van der Waals surface area (Å²) in [4.78, 5) is 21.4. The van der Waals surface area contributed by atoms with Crippen molar-refractivity contribution in [2.45, 2.75) is 45.2 Å². The van der Waals surface area contributed by atoms with Gasteiger partial charge < -0.3 is 14.3 Å². The van der Waals surface area contributed by atoms with Crippen LogP contribution in [0.3, 0.4) is 0 Å². The zero-order valence-corrected chi connectivity index (χ0v) is 16.8. The number of nitrogens with one attached hydrogen (secondary N) is 1. The van der Waals surface area contributed by atoms with Crippen LogP contribution < -0.4 is 5.32 Å². The van der Waals surface area contributed by atoms with Gasteiger partial charge in [0, 0.05) is 24.4 Å². The van der Waals surface area contributed by atoms with Crippen molar-refractivity contribution in [2.24, 2.45) is 0 Å². The van der Waals surface area contributed by atoms with E-state index in [1.165, 1.54) is 0 Å². The van der Waals surface area contributed by atoms with Gasteiger partial charge in [0.1, 0.15) is 23.5 Å². The molecule has 1 aliphatic heterocycles. The molecular formula is C20H20N6O2S. The molecule has 9 heteroatoms. The molecule has 0 fully saturated rings. The van der Waals surface area contributed by atoms with Gasteiger partial charge in [-0.15, -0.1) is 21.5 Å². The van der Waals surface area contributed by atoms with Crippen LogP contribution in [0.15, 0.2) is 34.1 Å². The molecule has 0 spiro atoms. The first kappa shape index (κ1) is 18.0. The molecule has 0 saturated heterocycles. The minimum atomic E-state index is -0.0745. The quantitative estimate of drug-likeness (QED) is 0.557. The lowest BCUT2D eigenvalue weighted by atomic mass is 10.1. The maximum atomic E-state index is 12.5. The van der Waals surface area contributed by atoms with E-state index in [0.717, 1.165) is 53.7 Å². The molecule has 0 aliphatic carbocycles. The smallest absolute Gasteiger partial charge is 0.229 e. The number of aromatic nitrogens is 5. The summed E-state index contributed by atoms with van der Waals surface area (Å²) in [6.07, 6.45) is 2.55. The van der Waals surface area contributed by atoms with E-state index < -0.39 is 0 Å². The molecule has 4 aromatic rings.